The topological polar surface area (TPSA) is 24.9 Å². The maximum atomic E-state index is 13.3. The second-order valence-electron chi connectivity index (χ2n) is 4.23. The molecule has 3 heterocycles. The first-order valence-corrected chi connectivity index (χ1v) is 7.78. The Morgan fingerprint density at radius 2 is 2.21 bits per heavy atom. The summed E-state index contributed by atoms with van der Waals surface area (Å²) in [7, 11) is 0. The van der Waals surface area contributed by atoms with E-state index in [1.165, 1.54) is 20.5 Å². The van der Waals surface area contributed by atoms with Crippen LogP contribution in [0.5, 0.6) is 0 Å². The largest absolute Gasteiger partial charge is 0.306 e. The number of nitrogens with zero attached hydrogens (tertiary/aromatic N) is 1. The van der Waals surface area contributed by atoms with Gasteiger partial charge in [0.2, 0.25) is 0 Å². The summed E-state index contributed by atoms with van der Waals surface area (Å²) in [6.45, 7) is 2.88. The third kappa shape index (κ3) is 2.54. The van der Waals surface area contributed by atoms with Crippen LogP contribution in [0.25, 0.3) is 9.40 Å². The molecule has 3 aromatic heterocycles. The van der Waals surface area contributed by atoms with Crippen molar-refractivity contribution in [2.45, 2.75) is 13.0 Å². The molecular weight excluding hydrogens is 279 g/mol. The molecule has 3 rings (SSSR count). The van der Waals surface area contributed by atoms with Crippen LogP contribution in [0.3, 0.4) is 0 Å². The van der Waals surface area contributed by atoms with Gasteiger partial charge < -0.3 is 5.32 Å². The van der Waals surface area contributed by atoms with Gasteiger partial charge in [0, 0.05) is 20.5 Å². The Morgan fingerprint density at radius 1 is 1.32 bits per heavy atom. The number of nitrogens with one attached hydrogen (secondary N) is 1. The molecule has 3 aromatic rings. The van der Waals surface area contributed by atoms with Gasteiger partial charge in [-0.05, 0) is 35.7 Å². The molecule has 0 radical (unpaired) electrons. The van der Waals surface area contributed by atoms with Crippen LogP contribution >= 0.6 is 22.7 Å². The van der Waals surface area contributed by atoms with E-state index in [-0.39, 0.29) is 11.9 Å². The van der Waals surface area contributed by atoms with E-state index < -0.39 is 0 Å². The van der Waals surface area contributed by atoms with Crippen molar-refractivity contribution in [1.29, 1.82) is 0 Å². The van der Waals surface area contributed by atoms with Crippen molar-refractivity contribution in [3.05, 3.63) is 52.2 Å². The van der Waals surface area contributed by atoms with E-state index in [0.717, 1.165) is 12.1 Å². The fourth-order valence-electron chi connectivity index (χ4n) is 2.10. The molecule has 0 saturated carbocycles. The van der Waals surface area contributed by atoms with Crippen molar-refractivity contribution < 1.29 is 4.39 Å². The number of pyridine rings is 1. The first-order chi connectivity index (χ1) is 9.28. The molecule has 1 N–H and O–H groups in total. The van der Waals surface area contributed by atoms with Crippen molar-refractivity contribution in [3.8, 4) is 0 Å². The predicted octanol–water partition coefficient (Wildman–Crippen LogP) is 4.20. The fourth-order valence-corrected chi connectivity index (χ4v) is 4.32. The predicted molar refractivity (Wildman–Crippen MR) is 79.4 cm³/mol. The van der Waals surface area contributed by atoms with Crippen LogP contribution < -0.4 is 5.32 Å². The highest BCUT2D eigenvalue weighted by molar-refractivity contribution is 7.27. The molecule has 98 valence electrons. The highest BCUT2D eigenvalue weighted by atomic mass is 32.1. The number of thiophene rings is 2. The molecule has 0 amide bonds. The van der Waals surface area contributed by atoms with Crippen molar-refractivity contribution in [1.82, 2.24) is 10.3 Å². The van der Waals surface area contributed by atoms with Gasteiger partial charge in [-0.2, -0.15) is 0 Å². The third-order valence-corrected chi connectivity index (χ3v) is 5.07. The highest BCUT2D eigenvalue weighted by Crippen LogP contribution is 2.35. The average molecular weight is 292 g/mol. The minimum absolute atomic E-state index is 0.0119. The number of halogens is 1. The lowest BCUT2D eigenvalue weighted by molar-refractivity contribution is 0.599. The molecule has 0 aliphatic heterocycles. The van der Waals surface area contributed by atoms with Gasteiger partial charge in [0.15, 0.2) is 0 Å². The third-order valence-electron chi connectivity index (χ3n) is 2.91. The SMILES string of the molecule is CCNC(c1cncc(F)c1)c1cc2sccc2s1. The number of hydrogen-bond donors (Lipinski definition) is 1. The van der Waals surface area contributed by atoms with Crippen molar-refractivity contribution in [2.75, 3.05) is 6.54 Å². The van der Waals surface area contributed by atoms with Gasteiger partial charge >= 0.3 is 0 Å². The molecule has 0 saturated heterocycles. The van der Waals surface area contributed by atoms with E-state index in [9.17, 15) is 4.39 Å². The molecule has 19 heavy (non-hydrogen) atoms. The van der Waals surface area contributed by atoms with E-state index in [1.807, 2.05) is 0 Å². The molecule has 1 unspecified atom stereocenters. The number of fused-ring (bicyclic) bond motifs is 1. The van der Waals surface area contributed by atoms with Crippen molar-refractivity contribution in [2.24, 2.45) is 0 Å². The minimum Gasteiger partial charge on any atom is -0.306 e. The molecule has 0 aliphatic carbocycles. The van der Waals surface area contributed by atoms with Gasteiger partial charge in [-0.3, -0.25) is 4.98 Å². The molecule has 0 bridgehead atoms. The Hall–Kier alpha value is -1.30. The highest BCUT2D eigenvalue weighted by Gasteiger charge is 2.17. The molecule has 1 atom stereocenters. The normalized spacial score (nSPS) is 12.9. The summed E-state index contributed by atoms with van der Waals surface area (Å²) in [6.07, 6.45) is 2.96. The van der Waals surface area contributed by atoms with Crippen LogP contribution in [0.2, 0.25) is 0 Å². The number of hydrogen-bond acceptors (Lipinski definition) is 4. The first kappa shape index (κ1) is 12.7. The number of rotatable bonds is 4. The van der Waals surface area contributed by atoms with Gasteiger partial charge in [0.1, 0.15) is 5.82 Å². The van der Waals surface area contributed by atoms with E-state index in [0.29, 0.717) is 0 Å². The van der Waals surface area contributed by atoms with Crippen LogP contribution in [0, 0.1) is 5.82 Å². The summed E-state index contributed by atoms with van der Waals surface area (Å²) in [5.74, 6) is -0.293. The molecule has 0 aliphatic rings. The second kappa shape index (κ2) is 5.36. The molecule has 5 heteroatoms. The van der Waals surface area contributed by atoms with Crippen molar-refractivity contribution in [3.63, 3.8) is 0 Å². The first-order valence-electron chi connectivity index (χ1n) is 6.08. The van der Waals surface area contributed by atoms with E-state index >= 15 is 0 Å². The lowest BCUT2D eigenvalue weighted by Crippen LogP contribution is -2.21. The monoisotopic (exact) mass is 292 g/mol. The summed E-state index contributed by atoms with van der Waals surface area (Å²) in [5, 5.41) is 5.50. The lowest BCUT2D eigenvalue weighted by Gasteiger charge is -2.16. The van der Waals surface area contributed by atoms with Gasteiger partial charge in [0.05, 0.1) is 12.2 Å². The fraction of sp³-hybridized carbons (Fsp3) is 0.214. The molecule has 0 spiro atoms. The summed E-state index contributed by atoms with van der Waals surface area (Å²) < 4.78 is 15.9. The Morgan fingerprint density at radius 3 is 2.95 bits per heavy atom. The van der Waals surface area contributed by atoms with E-state index in [1.54, 1.807) is 34.9 Å². The standard InChI is InChI=1S/C14H13FN2S2/c1-2-17-14(9-5-10(15)8-16-7-9)13-6-12-11(19-13)3-4-18-12/h3-8,14,17H,2H2,1H3. The zero-order chi connectivity index (χ0) is 13.2. The van der Waals surface area contributed by atoms with Crippen LogP contribution in [0.15, 0.2) is 36.0 Å². The van der Waals surface area contributed by atoms with Crippen LogP contribution in [-0.4, -0.2) is 11.5 Å². The Bertz CT molecular complexity index is 661. The van der Waals surface area contributed by atoms with Gasteiger partial charge in [-0.25, -0.2) is 4.39 Å². The second-order valence-corrected chi connectivity index (χ2v) is 6.29. The van der Waals surface area contributed by atoms with Crippen molar-refractivity contribution >= 4 is 32.1 Å². The van der Waals surface area contributed by atoms with E-state index in [2.05, 4.69) is 34.7 Å². The minimum atomic E-state index is -0.293. The van der Waals surface area contributed by atoms with Crippen LogP contribution in [-0.2, 0) is 0 Å². The van der Waals surface area contributed by atoms with Gasteiger partial charge in [0.25, 0.3) is 0 Å². The molecule has 0 fully saturated rings. The summed E-state index contributed by atoms with van der Waals surface area (Å²) in [4.78, 5) is 5.15. The molecule has 0 aromatic carbocycles. The smallest absolute Gasteiger partial charge is 0.141 e. The Labute approximate surface area is 118 Å². The van der Waals surface area contributed by atoms with E-state index in [4.69, 9.17) is 0 Å². The molecule has 2 nitrogen and oxygen atoms in total. The summed E-state index contributed by atoms with van der Waals surface area (Å²) >= 11 is 3.49. The zero-order valence-electron chi connectivity index (χ0n) is 10.4. The summed E-state index contributed by atoms with van der Waals surface area (Å²) in [5.41, 5.74) is 0.871. The molecular formula is C14H13FN2S2. The Kier molecular flexibility index (Phi) is 3.59. The van der Waals surface area contributed by atoms with Gasteiger partial charge in [-0.15, -0.1) is 22.7 Å². The van der Waals surface area contributed by atoms with Gasteiger partial charge in [-0.1, -0.05) is 6.92 Å². The zero-order valence-corrected chi connectivity index (χ0v) is 12.0. The number of aromatic nitrogens is 1. The van der Waals surface area contributed by atoms with Crippen LogP contribution in [0.4, 0.5) is 4.39 Å². The quantitative estimate of drug-likeness (QED) is 0.779. The maximum Gasteiger partial charge on any atom is 0.141 e. The lowest BCUT2D eigenvalue weighted by atomic mass is 10.1. The average Bonchev–Trinajstić information content (AvgIpc) is 2.96. The van der Waals surface area contributed by atoms with Crippen LogP contribution in [0.1, 0.15) is 23.4 Å². The summed E-state index contributed by atoms with van der Waals surface area (Å²) in [6, 6.07) is 5.87. The Balaban J connectivity index is 2.02. The maximum absolute atomic E-state index is 13.3.